The minimum atomic E-state index is -0.455. The zero-order valence-electron chi connectivity index (χ0n) is 9.56. The van der Waals surface area contributed by atoms with Crippen molar-refractivity contribution in [3.05, 3.63) is 35.4 Å². The van der Waals surface area contributed by atoms with Crippen LogP contribution < -0.4 is 5.73 Å². The Morgan fingerprint density at radius 2 is 1.81 bits per heavy atom. The molecule has 0 fully saturated rings. The van der Waals surface area contributed by atoms with Crippen LogP contribution in [0.3, 0.4) is 0 Å². The fraction of sp³-hybridized carbons (Fsp3) is 0.333. The molecule has 1 rings (SSSR count). The monoisotopic (exact) mass is 220 g/mol. The van der Waals surface area contributed by atoms with Gasteiger partial charge in [-0.3, -0.25) is 9.59 Å². The summed E-state index contributed by atoms with van der Waals surface area (Å²) >= 11 is 0. The highest BCUT2D eigenvalue weighted by atomic mass is 16.2. The first-order valence-electron chi connectivity index (χ1n) is 5.17. The topological polar surface area (TPSA) is 63.4 Å². The molecule has 0 radical (unpaired) electrons. The van der Waals surface area contributed by atoms with E-state index >= 15 is 0 Å². The molecule has 0 aromatic heterocycles. The molecule has 4 heteroatoms. The van der Waals surface area contributed by atoms with E-state index in [2.05, 4.69) is 0 Å². The minimum Gasteiger partial charge on any atom is -0.366 e. The first kappa shape index (κ1) is 12.2. The van der Waals surface area contributed by atoms with E-state index in [1.54, 1.807) is 36.2 Å². The third-order valence-corrected chi connectivity index (χ3v) is 2.49. The molecule has 2 amide bonds. The molecular formula is C12H16N2O2. The standard InChI is InChI=1S/C12H16N2O2/c1-3-14(2)11(15)8-9-4-6-10(7-5-9)12(13)16/h4-7H,3,8H2,1-2H3,(H2,13,16). The van der Waals surface area contributed by atoms with Crippen LogP contribution in [0.1, 0.15) is 22.8 Å². The molecule has 1 aromatic rings. The second kappa shape index (κ2) is 5.30. The highest BCUT2D eigenvalue weighted by Crippen LogP contribution is 2.05. The van der Waals surface area contributed by atoms with E-state index in [0.29, 0.717) is 18.5 Å². The van der Waals surface area contributed by atoms with Crippen LogP contribution in [0.15, 0.2) is 24.3 Å². The zero-order chi connectivity index (χ0) is 12.1. The molecule has 0 saturated heterocycles. The van der Waals surface area contributed by atoms with Crippen molar-refractivity contribution in [2.24, 2.45) is 5.73 Å². The molecule has 4 nitrogen and oxygen atoms in total. The van der Waals surface area contributed by atoms with Gasteiger partial charge >= 0.3 is 0 Å². The van der Waals surface area contributed by atoms with Crippen LogP contribution in [0.25, 0.3) is 0 Å². The van der Waals surface area contributed by atoms with Crippen molar-refractivity contribution in [1.82, 2.24) is 4.90 Å². The van der Waals surface area contributed by atoms with E-state index < -0.39 is 5.91 Å². The molecule has 2 N–H and O–H groups in total. The molecule has 0 unspecified atom stereocenters. The Morgan fingerprint density at radius 1 is 1.25 bits per heavy atom. The average molecular weight is 220 g/mol. The predicted molar refractivity (Wildman–Crippen MR) is 62.0 cm³/mol. The van der Waals surface area contributed by atoms with Gasteiger partial charge in [0.2, 0.25) is 11.8 Å². The average Bonchev–Trinajstić information content (AvgIpc) is 2.28. The Morgan fingerprint density at radius 3 is 2.25 bits per heavy atom. The summed E-state index contributed by atoms with van der Waals surface area (Å²) in [6.45, 7) is 2.62. The smallest absolute Gasteiger partial charge is 0.248 e. The Kier molecular flexibility index (Phi) is 4.05. The van der Waals surface area contributed by atoms with Crippen molar-refractivity contribution in [2.45, 2.75) is 13.3 Å². The lowest BCUT2D eigenvalue weighted by Gasteiger charge is -2.14. The summed E-state index contributed by atoms with van der Waals surface area (Å²) in [5.74, 6) is -0.391. The molecule has 0 bridgehead atoms. The molecule has 0 aliphatic heterocycles. The van der Waals surface area contributed by atoms with E-state index in [4.69, 9.17) is 5.73 Å². The number of rotatable bonds is 4. The van der Waals surface area contributed by atoms with Crippen LogP contribution in [-0.4, -0.2) is 30.3 Å². The number of benzene rings is 1. The third-order valence-electron chi connectivity index (χ3n) is 2.49. The molecule has 16 heavy (non-hydrogen) atoms. The van der Waals surface area contributed by atoms with Gasteiger partial charge in [0.05, 0.1) is 6.42 Å². The third kappa shape index (κ3) is 3.08. The Balaban J connectivity index is 2.69. The van der Waals surface area contributed by atoms with Crippen LogP contribution in [0.4, 0.5) is 0 Å². The lowest BCUT2D eigenvalue weighted by atomic mass is 10.1. The molecule has 86 valence electrons. The zero-order valence-corrected chi connectivity index (χ0v) is 9.56. The number of carbonyl (C=O) groups is 2. The maximum Gasteiger partial charge on any atom is 0.248 e. The van der Waals surface area contributed by atoms with Crippen LogP contribution in [0.2, 0.25) is 0 Å². The number of carbonyl (C=O) groups excluding carboxylic acids is 2. The van der Waals surface area contributed by atoms with Gasteiger partial charge in [0, 0.05) is 19.2 Å². The maximum atomic E-state index is 11.6. The van der Waals surface area contributed by atoms with Crippen molar-refractivity contribution in [3.63, 3.8) is 0 Å². The maximum absolute atomic E-state index is 11.6. The number of likely N-dealkylation sites (N-methyl/N-ethyl adjacent to an activating group) is 1. The first-order valence-corrected chi connectivity index (χ1v) is 5.17. The van der Waals surface area contributed by atoms with Gasteiger partial charge in [0.15, 0.2) is 0 Å². The molecule has 0 heterocycles. The quantitative estimate of drug-likeness (QED) is 0.816. The summed E-state index contributed by atoms with van der Waals surface area (Å²) in [6, 6.07) is 6.77. The molecule has 0 saturated carbocycles. The van der Waals surface area contributed by atoms with Gasteiger partial charge in [-0.25, -0.2) is 0 Å². The molecular weight excluding hydrogens is 204 g/mol. The summed E-state index contributed by atoms with van der Waals surface area (Å²) in [5.41, 5.74) is 6.46. The van der Waals surface area contributed by atoms with Gasteiger partial charge in [0.1, 0.15) is 0 Å². The summed E-state index contributed by atoms with van der Waals surface area (Å²) < 4.78 is 0. The summed E-state index contributed by atoms with van der Waals surface area (Å²) in [7, 11) is 1.76. The van der Waals surface area contributed by atoms with Crippen molar-refractivity contribution in [3.8, 4) is 0 Å². The van der Waals surface area contributed by atoms with Crippen molar-refractivity contribution < 1.29 is 9.59 Å². The molecule has 0 atom stereocenters. The fourth-order valence-electron chi connectivity index (χ4n) is 1.27. The lowest BCUT2D eigenvalue weighted by Crippen LogP contribution is -2.27. The van der Waals surface area contributed by atoms with Gasteiger partial charge in [-0.05, 0) is 24.6 Å². The molecule has 1 aromatic carbocycles. The van der Waals surface area contributed by atoms with Crippen LogP contribution in [0.5, 0.6) is 0 Å². The Labute approximate surface area is 95.0 Å². The highest BCUT2D eigenvalue weighted by molar-refractivity contribution is 5.92. The van der Waals surface area contributed by atoms with E-state index in [0.717, 1.165) is 5.56 Å². The van der Waals surface area contributed by atoms with Gasteiger partial charge in [0.25, 0.3) is 0 Å². The summed E-state index contributed by atoms with van der Waals surface area (Å²) in [4.78, 5) is 24.1. The lowest BCUT2D eigenvalue weighted by molar-refractivity contribution is -0.128. The van der Waals surface area contributed by atoms with E-state index in [-0.39, 0.29) is 5.91 Å². The number of hydrogen-bond acceptors (Lipinski definition) is 2. The molecule has 0 aliphatic carbocycles. The second-order valence-corrected chi connectivity index (χ2v) is 3.65. The van der Waals surface area contributed by atoms with Crippen molar-refractivity contribution >= 4 is 11.8 Å². The van der Waals surface area contributed by atoms with Crippen LogP contribution in [0, 0.1) is 0 Å². The fourth-order valence-corrected chi connectivity index (χ4v) is 1.27. The van der Waals surface area contributed by atoms with Crippen LogP contribution >= 0.6 is 0 Å². The largest absolute Gasteiger partial charge is 0.366 e. The van der Waals surface area contributed by atoms with Crippen molar-refractivity contribution in [2.75, 3.05) is 13.6 Å². The van der Waals surface area contributed by atoms with Crippen molar-refractivity contribution in [1.29, 1.82) is 0 Å². The van der Waals surface area contributed by atoms with E-state index in [1.165, 1.54) is 0 Å². The Bertz CT molecular complexity index is 385. The van der Waals surface area contributed by atoms with Gasteiger partial charge in [-0.2, -0.15) is 0 Å². The van der Waals surface area contributed by atoms with Gasteiger partial charge < -0.3 is 10.6 Å². The SMILES string of the molecule is CCN(C)C(=O)Cc1ccc(C(N)=O)cc1. The van der Waals surface area contributed by atoms with E-state index in [1.807, 2.05) is 6.92 Å². The summed E-state index contributed by atoms with van der Waals surface area (Å²) in [5, 5.41) is 0. The van der Waals surface area contributed by atoms with Gasteiger partial charge in [-0.15, -0.1) is 0 Å². The number of amides is 2. The van der Waals surface area contributed by atoms with E-state index in [9.17, 15) is 9.59 Å². The number of primary amides is 1. The minimum absolute atomic E-state index is 0.0642. The second-order valence-electron chi connectivity index (χ2n) is 3.65. The predicted octanol–water partition coefficient (Wildman–Crippen LogP) is 0.806. The molecule has 0 spiro atoms. The molecule has 0 aliphatic rings. The van der Waals surface area contributed by atoms with Gasteiger partial charge in [-0.1, -0.05) is 12.1 Å². The highest BCUT2D eigenvalue weighted by Gasteiger charge is 2.08. The summed E-state index contributed by atoms with van der Waals surface area (Å²) in [6.07, 6.45) is 0.351. The normalized spacial score (nSPS) is 9.88. The number of hydrogen-bond donors (Lipinski definition) is 1. The number of nitrogens with zero attached hydrogens (tertiary/aromatic N) is 1. The van der Waals surface area contributed by atoms with Crippen LogP contribution in [-0.2, 0) is 11.2 Å². The Hall–Kier alpha value is -1.84. The first-order chi connectivity index (χ1) is 7.54. The number of nitrogens with two attached hydrogens (primary N) is 1.